The van der Waals surface area contributed by atoms with E-state index in [9.17, 15) is 14.8 Å². The summed E-state index contributed by atoms with van der Waals surface area (Å²) in [6.45, 7) is 10.6. The fourth-order valence-corrected chi connectivity index (χ4v) is 1.75. The molecule has 0 saturated heterocycles. The maximum atomic E-state index is 11.7. The summed E-state index contributed by atoms with van der Waals surface area (Å²) in [5, 5.41) is 12.7. The highest BCUT2D eigenvalue weighted by molar-refractivity contribution is 6.32. The number of hydrogen-bond acceptors (Lipinski definition) is 7. The highest BCUT2D eigenvalue weighted by atomic mass is 16.6. The fourth-order valence-electron chi connectivity index (χ4n) is 1.75. The van der Waals surface area contributed by atoms with Crippen LogP contribution in [0, 0.1) is 11.8 Å². The molecule has 1 unspecified atom stereocenters. The van der Waals surface area contributed by atoms with Crippen molar-refractivity contribution in [1.82, 2.24) is 15.6 Å². The average Bonchev–Trinajstić information content (AvgIpc) is 2.36. The molecule has 0 rings (SSSR count). The van der Waals surface area contributed by atoms with Crippen LogP contribution in [0.1, 0.15) is 34.6 Å². The molecule has 22 heavy (non-hydrogen) atoms. The van der Waals surface area contributed by atoms with Gasteiger partial charge in [0, 0.05) is 6.54 Å². The van der Waals surface area contributed by atoms with Crippen molar-refractivity contribution < 1.29 is 24.7 Å². The number of nitrogens with one attached hydrogen (secondary N) is 2. The van der Waals surface area contributed by atoms with Crippen molar-refractivity contribution in [1.29, 1.82) is 0 Å². The van der Waals surface area contributed by atoms with Crippen LogP contribution in [0.2, 0.25) is 0 Å². The van der Waals surface area contributed by atoms with E-state index in [0.717, 1.165) is 0 Å². The molecule has 1 atom stereocenters. The molecule has 5 N–H and O–H groups in total. The number of nitrogens with zero attached hydrogens (tertiary/aromatic N) is 2. The fraction of sp³-hybridized carbons (Fsp3) is 0.846. The molecule has 0 bridgehead atoms. The lowest BCUT2D eigenvalue weighted by atomic mass is 10.2. The molecule has 0 spiro atoms. The van der Waals surface area contributed by atoms with Gasteiger partial charge in [-0.2, -0.15) is 10.2 Å². The van der Waals surface area contributed by atoms with E-state index in [4.69, 9.17) is 5.84 Å². The zero-order chi connectivity index (χ0) is 17.3. The average molecular weight is 320 g/mol. The predicted octanol–water partition coefficient (Wildman–Crippen LogP) is -1.48. The van der Waals surface area contributed by atoms with Crippen LogP contribution in [0.4, 0.5) is 0 Å². The first-order chi connectivity index (χ1) is 10.2. The topological polar surface area (TPSA) is 113 Å². The van der Waals surface area contributed by atoms with Crippen molar-refractivity contribution in [2.24, 2.45) is 17.7 Å². The van der Waals surface area contributed by atoms with Crippen LogP contribution in [0.25, 0.3) is 0 Å². The second kappa shape index (κ2) is 10.5. The lowest BCUT2D eigenvalue weighted by Crippen LogP contribution is -3.19. The summed E-state index contributed by atoms with van der Waals surface area (Å²) in [5.41, 5.74) is 2.34. The van der Waals surface area contributed by atoms with Gasteiger partial charge in [0.25, 0.3) is 0 Å². The van der Waals surface area contributed by atoms with Gasteiger partial charge in [-0.1, -0.05) is 32.9 Å². The molecule has 0 radical (unpaired) electrons. The maximum absolute atomic E-state index is 11.7. The molecule has 0 saturated carbocycles. The van der Waals surface area contributed by atoms with Gasteiger partial charge in [0.2, 0.25) is 0 Å². The smallest absolute Gasteiger partial charge is 0.398 e. The Hall–Kier alpha value is -1.26. The summed E-state index contributed by atoms with van der Waals surface area (Å²) in [5.74, 6) is 4.38. The first-order valence-electron chi connectivity index (χ1n) is 7.47. The number of quaternary nitrogens is 1. The van der Waals surface area contributed by atoms with Gasteiger partial charge >= 0.3 is 11.9 Å². The van der Waals surface area contributed by atoms with Crippen molar-refractivity contribution >= 4 is 11.9 Å². The van der Waals surface area contributed by atoms with E-state index in [1.54, 1.807) is 6.92 Å². The summed E-state index contributed by atoms with van der Waals surface area (Å²) in [6.07, 6.45) is 0. The number of ether oxygens (including phenoxy) is 1. The van der Waals surface area contributed by atoms with Gasteiger partial charge < -0.3 is 4.74 Å². The molecule has 0 aliphatic rings. The third kappa shape index (κ3) is 8.90. The Labute approximate surface area is 131 Å². The van der Waals surface area contributed by atoms with E-state index < -0.39 is 11.9 Å². The van der Waals surface area contributed by atoms with Gasteiger partial charge in [-0.15, -0.1) is 0 Å². The third-order valence-electron chi connectivity index (χ3n) is 2.50. The molecular formula is C13H30N5O4+. The molecule has 0 heterocycles. The lowest BCUT2D eigenvalue weighted by Gasteiger charge is -2.28. The summed E-state index contributed by atoms with van der Waals surface area (Å²) >= 11 is 0. The second-order valence-corrected chi connectivity index (χ2v) is 5.91. The molecule has 0 aliphatic heterocycles. The lowest BCUT2D eigenvalue weighted by molar-refractivity contribution is -1.19. The zero-order valence-corrected chi connectivity index (χ0v) is 14.1. The van der Waals surface area contributed by atoms with Crippen molar-refractivity contribution in [3.8, 4) is 0 Å². The van der Waals surface area contributed by atoms with Crippen LogP contribution >= 0.6 is 0 Å². The van der Waals surface area contributed by atoms with E-state index in [-0.39, 0.29) is 24.4 Å². The van der Waals surface area contributed by atoms with Crippen LogP contribution < -0.4 is 16.4 Å². The van der Waals surface area contributed by atoms with Gasteiger partial charge in [-0.3, -0.25) is 10.6 Å². The van der Waals surface area contributed by atoms with Crippen LogP contribution in [0.3, 0.4) is 0 Å². The Morgan fingerprint density at radius 2 is 1.77 bits per heavy atom. The molecule has 0 aliphatic carbocycles. The Bertz CT molecular complexity index is 351. The minimum absolute atomic E-state index is 0.0635. The van der Waals surface area contributed by atoms with Gasteiger partial charge in [-0.25, -0.2) is 10.2 Å². The van der Waals surface area contributed by atoms with E-state index in [1.807, 2.05) is 27.7 Å². The van der Waals surface area contributed by atoms with E-state index in [0.29, 0.717) is 19.0 Å². The molecule has 0 aromatic carbocycles. The predicted molar refractivity (Wildman–Crippen MR) is 79.7 cm³/mol. The summed E-state index contributed by atoms with van der Waals surface area (Å²) in [6, 6.07) is 0. The first kappa shape index (κ1) is 20.7. The summed E-state index contributed by atoms with van der Waals surface area (Å²) in [4.78, 5) is 23.1. The summed E-state index contributed by atoms with van der Waals surface area (Å²) < 4.78 is 4.62. The molecule has 0 fully saturated rings. The quantitative estimate of drug-likeness (QED) is 0.135. The van der Waals surface area contributed by atoms with Crippen LogP contribution in [-0.2, 0) is 14.3 Å². The number of rotatable bonds is 9. The van der Waals surface area contributed by atoms with Crippen molar-refractivity contribution in [3.05, 3.63) is 0 Å². The number of hydrazine groups is 2. The van der Waals surface area contributed by atoms with E-state index in [1.165, 1.54) is 10.1 Å². The molecular weight excluding hydrogens is 290 g/mol. The number of amides is 1. The standard InChI is InChI=1S/C13H29N5O4/c1-6-22-13(20)12(19)15-17(8-11(4)5)18(21)9-16(14)7-10(2)3/h10-11,21H,6-9,14H2,1-5H3,(H,15,19)/p+1. The van der Waals surface area contributed by atoms with Gasteiger partial charge in [0.05, 0.1) is 13.2 Å². The number of hydroxylamine groups is 1. The van der Waals surface area contributed by atoms with Gasteiger partial charge in [-0.05, 0) is 23.9 Å². The minimum atomic E-state index is -0.990. The third-order valence-corrected chi connectivity index (χ3v) is 2.50. The normalized spacial score (nSPS) is 13.0. The maximum Gasteiger partial charge on any atom is 0.398 e. The largest absolute Gasteiger partial charge is 0.459 e. The van der Waals surface area contributed by atoms with E-state index in [2.05, 4.69) is 10.2 Å². The number of carbonyl (C=O) groups is 2. The zero-order valence-electron chi connectivity index (χ0n) is 14.1. The molecule has 9 heteroatoms. The highest BCUT2D eigenvalue weighted by Gasteiger charge is 2.26. The second-order valence-electron chi connectivity index (χ2n) is 5.91. The summed E-state index contributed by atoms with van der Waals surface area (Å²) in [7, 11) is 0. The Kier molecular flexibility index (Phi) is 9.86. The van der Waals surface area contributed by atoms with Crippen LogP contribution in [0.15, 0.2) is 0 Å². The molecule has 0 aromatic rings. The first-order valence-corrected chi connectivity index (χ1v) is 7.47. The van der Waals surface area contributed by atoms with Gasteiger partial charge in [0.15, 0.2) is 6.67 Å². The molecule has 0 aromatic heterocycles. The SMILES string of the molecule is CCOC(=O)C(=O)NN(CC(C)C)[NH+](O)CN(N)CC(C)C. The van der Waals surface area contributed by atoms with E-state index >= 15 is 0 Å². The number of nitrogens with two attached hydrogens (primary N) is 1. The number of hydrogen-bond donors (Lipinski definition) is 4. The van der Waals surface area contributed by atoms with Crippen molar-refractivity contribution in [2.75, 3.05) is 26.4 Å². The molecule has 130 valence electrons. The van der Waals surface area contributed by atoms with Gasteiger partial charge in [0.1, 0.15) is 0 Å². The Morgan fingerprint density at radius 1 is 1.23 bits per heavy atom. The number of esters is 1. The van der Waals surface area contributed by atoms with Crippen molar-refractivity contribution in [2.45, 2.75) is 34.6 Å². The van der Waals surface area contributed by atoms with Crippen LogP contribution in [-0.4, -0.2) is 53.6 Å². The highest BCUT2D eigenvalue weighted by Crippen LogP contribution is 1.93. The Morgan fingerprint density at radius 3 is 2.23 bits per heavy atom. The Balaban J connectivity index is 4.67. The molecule has 1 amide bonds. The van der Waals surface area contributed by atoms with Crippen molar-refractivity contribution in [3.63, 3.8) is 0 Å². The molecule has 9 nitrogen and oxygen atoms in total. The minimum Gasteiger partial charge on any atom is -0.459 e. The van der Waals surface area contributed by atoms with Crippen LogP contribution in [0.5, 0.6) is 0 Å². The monoisotopic (exact) mass is 320 g/mol. The number of carbonyl (C=O) groups excluding carboxylic acids is 2.